The molecular formula is C19H21NO5. The van der Waals surface area contributed by atoms with Crippen LogP contribution in [0.1, 0.15) is 23.5 Å². The van der Waals surface area contributed by atoms with Crippen LogP contribution in [0.2, 0.25) is 0 Å². The highest BCUT2D eigenvalue weighted by Crippen LogP contribution is 2.32. The minimum absolute atomic E-state index is 0.309. The van der Waals surface area contributed by atoms with E-state index in [-0.39, 0.29) is 12.3 Å². The largest absolute Gasteiger partial charge is 0.493 e. The Morgan fingerprint density at radius 2 is 1.72 bits per heavy atom. The second-order valence-electron chi connectivity index (χ2n) is 5.47. The summed E-state index contributed by atoms with van der Waals surface area (Å²) in [6, 6.07) is 14.4. The van der Waals surface area contributed by atoms with Gasteiger partial charge in [0.25, 0.3) is 0 Å². The molecule has 2 aromatic rings. The lowest BCUT2D eigenvalue weighted by Crippen LogP contribution is -2.30. The molecule has 0 saturated carbocycles. The number of carbonyl (C=O) groups excluding carboxylic acids is 1. The first kappa shape index (κ1) is 18.3. The molecule has 0 aliphatic rings. The Morgan fingerprint density at radius 3 is 2.32 bits per heavy atom. The molecule has 0 aromatic heterocycles. The smallest absolute Gasteiger partial charge is 0.304 e. The molecule has 1 unspecified atom stereocenters. The molecule has 0 fully saturated rings. The minimum atomic E-state index is -1.05. The summed E-state index contributed by atoms with van der Waals surface area (Å²) in [4.78, 5) is 23.8. The molecule has 0 aliphatic carbocycles. The van der Waals surface area contributed by atoms with Crippen molar-refractivity contribution in [1.82, 2.24) is 5.32 Å². The zero-order chi connectivity index (χ0) is 18.2. The van der Waals surface area contributed by atoms with E-state index in [1.54, 1.807) is 18.2 Å². The average molecular weight is 343 g/mol. The fourth-order valence-electron chi connectivity index (χ4n) is 2.51. The number of aliphatic carboxylic acids is 1. The third-order valence-electron chi connectivity index (χ3n) is 3.81. The van der Waals surface area contributed by atoms with Gasteiger partial charge >= 0.3 is 5.97 Å². The highest BCUT2D eigenvalue weighted by molar-refractivity contribution is 5.88. The first-order valence-corrected chi connectivity index (χ1v) is 7.80. The number of hydrogen-bond acceptors (Lipinski definition) is 4. The van der Waals surface area contributed by atoms with Gasteiger partial charge in [-0.3, -0.25) is 9.59 Å². The predicted octanol–water partition coefficient (Wildman–Crippen LogP) is 2.58. The van der Waals surface area contributed by atoms with Crippen LogP contribution in [0.25, 0.3) is 0 Å². The van der Waals surface area contributed by atoms with Crippen LogP contribution in [0.3, 0.4) is 0 Å². The summed E-state index contributed by atoms with van der Waals surface area (Å²) in [6.45, 7) is 0.336. The molecule has 1 atom stereocenters. The van der Waals surface area contributed by atoms with E-state index in [0.717, 1.165) is 5.56 Å². The summed E-state index contributed by atoms with van der Waals surface area (Å²) in [5, 5.41) is 12.0. The minimum Gasteiger partial charge on any atom is -0.493 e. The Labute approximate surface area is 146 Å². The summed E-state index contributed by atoms with van der Waals surface area (Å²) >= 11 is 0. The van der Waals surface area contributed by atoms with Crippen LogP contribution >= 0.6 is 0 Å². The predicted molar refractivity (Wildman–Crippen MR) is 92.8 cm³/mol. The molecule has 0 spiro atoms. The number of amides is 1. The van der Waals surface area contributed by atoms with Crippen LogP contribution in [0.4, 0.5) is 0 Å². The first-order valence-electron chi connectivity index (χ1n) is 7.80. The second kappa shape index (κ2) is 8.73. The van der Waals surface area contributed by atoms with E-state index in [4.69, 9.17) is 9.47 Å². The van der Waals surface area contributed by atoms with Gasteiger partial charge in [-0.15, -0.1) is 0 Å². The Balaban J connectivity index is 2.20. The lowest BCUT2D eigenvalue weighted by atomic mass is 9.94. The normalized spacial score (nSPS) is 11.4. The van der Waals surface area contributed by atoms with Gasteiger partial charge in [-0.2, -0.15) is 0 Å². The number of ether oxygens (including phenoxy) is 2. The molecule has 0 radical (unpaired) electrons. The first-order chi connectivity index (χ1) is 12.0. The van der Waals surface area contributed by atoms with Crippen molar-refractivity contribution in [3.63, 3.8) is 0 Å². The lowest BCUT2D eigenvalue weighted by Gasteiger charge is -2.17. The van der Waals surface area contributed by atoms with Crippen molar-refractivity contribution in [2.24, 2.45) is 0 Å². The number of carboxylic acid groups (broad SMARTS) is 1. The summed E-state index contributed by atoms with van der Waals surface area (Å²) in [6.07, 6.45) is -0.309. The van der Waals surface area contributed by atoms with Gasteiger partial charge in [-0.1, -0.05) is 36.4 Å². The van der Waals surface area contributed by atoms with Crippen molar-refractivity contribution in [3.8, 4) is 11.5 Å². The van der Waals surface area contributed by atoms with Gasteiger partial charge in [0.2, 0.25) is 5.91 Å². The molecule has 6 nitrogen and oxygen atoms in total. The number of benzene rings is 2. The van der Waals surface area contributed by atoms with E-state index in [2.05, 4.69) is 5.32 Å². The molecule has 25 heavy (non-hydrogen) atoms. The van der Waals surface area contributed by atoms with Gasteiger partial charge < -0.3 is 19.9 Å². The van der Waals surface area contributed by atoms with Crippen LogP contribution in [-0.2, 0) is 16.1 Å². The molecule has 2 rings (SSSR count). The third kappa shape index (κ3) is 4.97. The Kier molecular flexibility index (Phi) is 6.39. The number of nitrogens with one attached hydrogen (secondary N) is 1. The van der Waals surface area contributed by atoms with Crippen LogP contribution in [0, 0.1) is 0 Å². The van der Waals surface area contributed by atoms with E-state index < -0.39 is 11.9 Å². The van der Waals surface area contributed by atoms with Crippen molar-refractivity contribution in [3.05, 3.63) is 59.7 Å². The quantitative estimate of drug-likeness (QED) is 0.769. The lowest BCUT2D eigenvalue weighted by molar-refractivity contribution is -0.139. The maximum Gasteiger partial charge on any atom is 0.304 e. The fourth-order valence-corrected chi connectivity index (χ4v) is 2.51. The maximum atomic E-state index is 12.6. The molecular weight excluding hydrogens is 322 g/mol. The Morgan fingerprint density at radius 1 is 1.04 bits per heavy atom. The van der Waals surface area contributed by atoms with E-state index >= 15 is 0 Å². The molecule has 0 saturated heterocycles. The molecule has 0 heterocycles. The van der Waals surface area contributed by atoms with Gasteiger partial charge in [0.15, 0.2) is 11.5 Å². The highest BCUT2D eigenvalue weighted by Gasteiger charge is 2.24. The van der Waals surface area contributed by atoms with Crippen molar-refractivity contribution in [2.75, 3.05) is 14.2 Å². The standard InChI is InChI=1S/C19H21NO5/c1-24-16-9-8-14(10-17(16)25-2)15(11-18(21)22)19(23)20-12-13-6-4-3-5-7-13/h3-10,15H,11-12H2,1-2H3,(H,20,23)(H,21,22). The zero-order valence-electron chi connectivity index (χ0n) is 14.2. The topological polar surface area (TPSA) is 84.9 Å². The monoisotopic (exact) mass is 343 g/mol. The van der Waals surface area contributed by atoms with Gasteiger partial charge in [-0.25, -0.2) is 0 Å². The average Bonchev–Trinajstić information content (AvgIpc) is 2.64. The van der Waals surface area contributed by atoms with Crippen molar-refractivity contribution < 1.29 is 24.2 Å². The summed E-state index contributed by atoms with van der Waals surface area (Å²) in [5.74, 6) is -1.24. The van der Waals surface area contributed by atoms with Crippen molar-refractivity contribution >= 4 is 11.9 Å². The van der Waals surface area contributed by atoms with Crippen LogP contribution < -0.4 is 14.8 Å². The van der Waals surface area contributed by atoms with E-state index in [9.17, 15) is 14.7 Å². The Hall–Kier alpha value is -3.02. The van der Waals surface area contributed by atoms with E-state index in [0.29, 0.717) is 23.6 Å². The number of rotatable bonds is 8. The molecule has 0 aliphatic heterocycles. The van der Waals surface area contributed by atoms with Crippen LogP contribution in [0.5, 0.6) is 11.5 Å². The van der Waals surface area contributed by atoms with E-state index in [1.807, 2.05) is 30.3 Å². The molecule has 2 aromatic carbocycles. The summed E-state index contributed by atoms with van der Waals surface area (Å²) in [7, 11) is 3.00. The fraction of sp³-hybridized carbons (Fsp3) is 0.263. The summed E-state index contributed by atoms with van der Waals surface area (Å²) < 4.78 is 10.4. The molecule has 1 amide bonds. The van der Waals surface area contributed by atoms with Gasteiger partial charge in [-0.05, 0) is 23.3 Å². The van der Waals surface area contributed by atoms with Crippen molar-refractivity contribution in [1.29, 1.82) is 0 Å². The van der Waals surface area contributed by atoms with Gasteiger partial charge in [0.1, 0.15) is 0 Å². The van der Waals surface area contributed by atoms with Gasteiger partial charge in [0, 0.05) is 6.54 Å². The zero-order valence-corrected chi connectivity index (χ0v) is 14.2. The molecule has 2 N–H and O–H groups in total. The number of methoxy groups -OCH3 is 2. The number of carbonyl (C=O) groups is 2. The van der Waals surface area contributed by atoms with Crippen LogP contribution in [0.15, 0.2) is 48.5 Å². The SMILES string of the molecule is COc1ccc(C(CC(=O)O)C(=O)NCc2ccccc2)cc1OC. The number of carboxylic acids is 1. The molecule has 0 bridgehead atoms. The number of hydrogen-bond donors (Lipinski definition) is 2. The molecule has 6 heteroatoms. The third-order valence-corrected chi connectivity index (χ3v) is 3.81. The summed E-state index contributed by atoms with van der Waals surface area (Å²) in [5.41, 5.74) is 1.50. The molecule has 132 valence electrons. The van der Waals surface area contributed by atoms with Crippen LogP contribution in [-0.4, -0.2) is 31.2 Å². The Bertz CT molecular complexity index is 730. The van der Waals surface area contributed by atoms with Gasteiger partial charge in [0.05, 0.1) is 26.6 Å². The second-order valence-corrected chi connectivity index (χ2v) is 5.47. The maximum absolute atomic E-state index is 12.6. The van der Waals surface area contributed by atoms with Crippen molar-refractivity contribution in [2.45, 2.75) is 18.9 Å². The van der Waals surface area contributed by atoms with E-state index in [1.165, 1.54) is 14.2 Å². The highest BCUT2D eigenvalue weighted by atomic mass is 16.5.